The summed E-state index contributed by atoms with van der Waals surface area (Å²) in [5.41, 5.74) is 2.06. The van der Waals surface area contributed by atoms with Crippen LogP contribution in [0.4, 0.5) is 4.39 Å². The molecular formula is C24H20FNO4. The number of likely N-dealkylation sites (tertiary alicyclic amines) is 1. The van der Waals surface area contributed by atoms with Crippen molar-refractivity contribution in [2.45, 2.75) is 26.4 Å². The van der Waals surface area contributed by atoms with Crippen LogP contribution in [0.2, 0.25) is 0 Å². The minimum absolute atomic E-state index is 0.0276. The first-order valence-corrected chi connectivity index (χ1v) is 9.51. The number of Topliss-reactive ketones (excluding diaryl/α,β-unsaturated/α-hetero) is 1. The van der Waals surface area contributed by atoms with E-state index in [0.29, 0.717) is 11.3 Å². The van der Waals surface area contributed by atoms with Crippen LogP contribution in [0.3, 0.4) is 0 Å². The molecule has 5 nitrogen and oxygen atoms in total. The van der Waals surface area contributed by atoms with E-state index in [9.17, 15) is 19.1 Å². The lowest BCUT2D eigenvalue weighted by atomic mass is 9.93. The maximum Gasteiger partial charge on any atom is 0.296 e. The number of rotatable bonds is 4. The number of hydrogen-bond acceptors (Lipinski definition) is 4. The maximum atomic E-state index is 14.8. The number of aliphatic hydroxyl groups excluding tert-OH is 1. The molecule has 0 radical (unpaired) electrons. The fourth-order valence-corrected chi connectivity index (χ4v) is 3.77. The Hall–Kier alpha value is -3.67. The van der Waals surface area contributed by atoms with E-state index in [4.69, 9.17) is 4.42 Å². The third-order valence-corrected chi connectivity index (χ3v) is 5.29. The molecule has 2 heterocycles. The lowest BCUT2D eigenvalue weighted by Crippen LogP contribution is -2.29. The third-order valence-electron chi connectivity index (χ3n) is 5.29. The van der Waals surface area contributed by atoms with Crippen LogP contribution in [0.5, 0.6) is 0 Å². The van der Waals surface area contributed by atoms with Crippen molar-refractivity contribution < 1.29 is 23.5 Å². The van der Waals surface area contributed by atoms with E-state index in [1.54, 1.807) is 31.2 Å². The molecule has 1 unspecified atom stereocenters. The van der Waals surface area contributed by atoms with Crippen LogP contribution < -0.4 is 0 Å². The Morgan fingerprint density at radius 2 is 1.87 bits per heavy atom. The Balaban J connectivity index is 1.93. The van der Waals surface area contributed by atoms with E-state index in [0.717, 1.165) is 11.1 Å². The summed E-state index contributed by atoms with van der Waals surface area (Å²) in [6.07, 6.45) is 1.46. The zero-order chi connectivity index (χ0) is 21.4. The second-order valence-electron chi connectivity index (χ2n) is 7.35. The van der Waals surface area contributed by atoms with Crippen molar-refractivity contribution in [3.63, 3.8) is 0 Å². The SMILES string of the molecule is Cc1ccc(C)c(/C(O)=C2/C(=O)C(=O)N(Cc3ccco3)C2c2ccccc2F)c1. The number of halogens is 1. The lowest BCUT2D eigenvalue weighted by molar-refractivity contribution is -0.140. The Morgan fingerprint density at radius 1 is 1.10 bits per heavy atom. The molecular weight excluding hydrogens is 385 g/mol. The largest absolute Gasteiger partial charge is 0.507 e. The van der Waals surface area contributed by atoms with E-state index >= 15 is 0 Å². The predicted octanol–water partition coefficient (Wildman–Crippen LogP) is 4.66. The van der Waals surface area contributed by atoms with E-state index in [1.807, 2.05) is 19.1 Å². The molecule has 6 heteroatoms. The number of hydrogen-bond donors (Lipinski definition) is 1. The molecule has 1 fully saturated rings. The first kappa shape index (κ1) is 19.6. The number of nitrogens with zero attached hydrogens (tertiary/aromatic N) is 1. The highest BCUT2D eigenvalue weighted by Gasteiger charge is 2.47. The van der Waals surface area contributed by atoms with Gasteiger partial charge in [0.2, 0.25) is 0 Å². The van der Waals surface area contributed by atoms with Gasteiger partial charge in [-0.05, 0) is 43.7 Å². The summed E-state index contributed by atoms with van der Waals surface area (Å²) in [7, 11) is 0. The minimum Gasteiger partial charge on any atom is -0.507 e. The number of aliphatic hydroxyl groups is 1. The van der Waals surface area contributed by atoms with Crippen LogP contribution in [0.1, 0.15) is 34.1 Å². The molecule has 30 heavy (non-hydrogen) atoms. The highest BCUT2D eigenvalue weighted by atomic mass is 19.1. The predicted molar refractivity (Wildman–Crippen MR) is 109 cm³/mol. The summed E-state index contributed by atoms with van der Waals surface area (Å²) >= 11 is 0. The minimum atomic E-state index is -1.07. The smallest absolute Gasteiger partial charge is 0.296 e. The molecule has 152 valence electrons. The molecule has 1 aromatic heterocycles. The molecule has 0 spiro atoms. The molecule has 1 N–H and O–H groups in total. The van der Waals surface area contributed by atoms with Crippen molar-refractivity contribution in [1.82, 2.24) is 4.90 Å². The zero-order valence-corrected chi connectivity index (χ0v) is 16.6. The second kappa shape index (κ2) is 7.63. The van der Waals surface area contributed by atoms with Gasteiger partial charge in [0.05, 0.1) is 24.4 Å². The summed E-state index contributed by atoms with van der Waals surface area (Å²) in [5, 5.41) is 11.1. The van der Waals surface area contributed by atoms with Crippen LogP contribution in [0, 0.1) is 19.7 Å². The normalized spacial score (nSPS) is 18.2. The van der Waals surface area contributed by atoms with Gasteiger partial charge in [-0.2, -0.15) is 0 Å². The number of aryl methyl sites for hydroxylation is 2. The third kappa shape index (κ3) is 3.30. The van der Waals surface area contributed by atoms with Crippen molar-refractivity contribution in [3.8, 4) is 0 Å². The van der Waals surface area contributed by atoms with Gasteiger partial charge in [-0.25, -0.2) is 4.39 Å². The van der Waals surface area contributed by atoms with Crippen molar-refractivity contribution in [2.75, 3.05) is 0 Å². The molecule has 0 aliphatic carbocycles. The summed E-state index contributed by atoms with van der Waals surface area (Å²) in [5.74, 6) is -2.10. The van der Waals surface area contributed by atoms with Gasteiger partial charge in [-0.1, -0.05) is 35.9 Å². The molecule has 1 atom stereocenters. The summed E-state index contributed by atoms with van der Waals surface area (Å²) < 4.78 is 20.1. The molecule has 0 bridgehead atoms. The van der Waals surface area contributed by atoms with E-state index in [1.165, 1.54) is 29.4 Å². The van der Waals surface area contributed by atoms with Crippen molar-refractivity contribution in [1.29, 1.82) is 0 Å². The Bertz CT molecular complexity index is 1160. The number of amides is 1. The van der Waals surface area contributed by atoms with Crippen molar-refractivity contribution in [2.24, 2.45) is 0 Å². The Labute approximate surface area is 173 Å². The summed E-state index contributed by atoms with van der Waals surface area (Å²) in [6.45, 7) is 3.63. The summed E-state index contributed by atoms with van der Waals surface area (Å²) in [6, 6.07) is 13.6. The monoisotopic (exact) mass is 405 g/mol. The van der Waals surface area contributed by atoms with Crippen molar-refractivity contribution >= 4 is 17.4 Å². The van der Waals surface area contributed by atoms with E-state index < -0.39 is 23.5 Å². The first-order valence-electron chi connectivity index (χ1n) is 9.51. The van der Waals surface area contributed by atoms with Gasteiger partial charge >= 0.3 is 0 Å². The second-order valence-corrected chi connectivity index (χ2v) is 7.35. The van der Waals surface area contributed by atoms with Crippen LogP contribution in [-0.4, -0.2) is 21.7 Å². The van der Waals surface area contributed by atoms with E-state index in [-0.39, 0.29) is 23.4 Å². The first-order chi connectivity index (χ1) is 14.4. The van der Waals surface area contributed by atoms with Crippen LogP contribution in [-0.2, 0) is 16.1 Å². The van der Waals surface area contributed by atoms with Crippen molar-refractivity contribution in [3.05, 3.63) is 100 Å². The average molecular weight is 405 g/mol. The number of furan rings is 1. The lowest BCUT2D eigenvalue weighted by Gasteiger charge is -2.25. The number of benzene rings is 2. The molecule has 1 aliphatic rings. The maximum absolute atomic E-state index is 14.8. The summed E-state index contributed by atoms with van der Waals surface area (Å²) in [4.78, 5) is 27.1. The highest BCUT2D eigenvalue weighted by Crippen LogP contribution is 2.41. The van der Waals surface area contributed by atoms with Crippen LogP contribution in [0.25, 0.3) is 5.76 Å². The molecule has 0 saturated carbocycles. The number of ketones is 1. The standard InChI is InChI=1S/C24H20FNO4/c1-14-9-10-15(2)18(12-14)22(27)20-21(17-7-3-4-8-19(17)25)26(24(29)23(20)28)13-16-6-5-11-30-16/h3-12,21,27H,13H2,1-2H3/b22-20-. The van der Waals surface area contributed by atoms with Gasteiger partial charge in [0.25, 0.3) is 11.7 Å². The Morgan fingerprint density at radius 3 is 2.57 bits per heavy atom. The van der Waals surface area contributed by atoms with Gasteiger partial charge in [0, 0.05) is 11.1 Å². The molecule has 1 aliphatic heterocycles. The molecule has 2 aromatic carbocycles. The van der Waals surface area contributed by atoms with Crippen LogP contribution >= 0.6 is 0 Å². The molecule has 4 rings (SSSR count). The molecule has 1 amide bonds. The van der Waals surface area contributed by atoms with Crippen LogP contribution in [0.15, 0.2) is 70.9 Å². The van der Waals surface area contributed by atoms with E-state index in [2.05, 4.69) is 0 Å². The number of carbonyl (C=O) groups excluding carboxylic acids is 2. The van der Waals surface area contributed by atoms with Gasteiger partial charge in [0.15, 0.2) is 0 Å². The Kier molecular flexibility index (Phi) is 4.99. The van der Waals surface area contributed by atoms with Gasteiger partial charge in [0.1, 0.15) is 17.3 Å². The fourth-order valence-electron chi connectivity index (χ4n) is 3.77. The molecule has 1 saturated heterocycles. The topological polar surface area (TPSA) is 70.8 Å². The highest BCUT2D eigenvalue weighted by molar-refractivity contribution is 6.46. The molecule has 3 aromatic rings. The fraction of sp³-hybridized carbons (Fsp3) is 0.167. The average Bonchev–Trinajstić information content (AvgIpc) is 3.32. The number of carbonyl (C=O) groups is 2. The zero-order valence-electron chi connectivity index (χ0n) is 16.6. The van der Waals surface area contributed by atoms with Gasteiger partial charge < -0.3 is 14.4 Å². The quantitative estimate of drug-likeness (QED) is 0.389. The van der Waals surface area contributed by atoms with Gasteiger partial charge in [-0.15, -0.1) is 0 Å². The van der Waals surface area contributed by atoms with Gasteiger partial charge in [-0.3, -0.25) is 9.59 Å².